The Bertz CT molecular complexity index is 811. The minimum absolute atomic E-state index is 0.0886. The van der Waals surface area contributed by atoms with Gasteiger partial charge in [-0.15, -0.1) is 10.2 Å². The van der Waals surface area contributed by atoms with Gasteiger partial charge in [-0.25, -0.2) is 0 Å². The van der Waals surface area contributed by atoms with E-state index in [1.54, 1.807) is 17.4 Å². The van der Waals surface area contributed by atoms with E-state index >= 15 is 0 Å². The van der Waals surface area contributed by atoms with Crippen LogP contribution in [0.3, 0.4) is 0 Å². The predicted octanol–water partition coefficient (Wildman–Crippen LogP) is 1.88. The average molecular weight is 339 g/mol. The molecule has 2 amide bonds. The zero-order chi connectivity index (χ0) is 17.8. The van der Waals surface area contributed by atoms with Crippen molar-refractivity contribution >= 4 is 17.9 Å². The molecule has 1 aromatic carbocycles. The predicted molar refractivity (Wildman–Crippen MR) is 92.9 cm³/mol. The molecule has 7 heteroatoms. The van der Waals surface area contributed by atoms with Crippen molar-refractivity contribution < 1.29 is 9.59 Å². The molecule has 0 saturated heterocycles. The maximum atomic E-state index is 12.5. The van der Waals surface area contributed by atoms with E-state index in [0.29, 0.717) is 12.4 Å². The lowest BCUT2D eigenvalue weighted by Crippen LogP contribution is -2.35. The normalized spacial score (nSPS) is 15.8. The number of hydrogen-bond acceptors (Lipinski definition) is 4. The highest BCUT2D eigenvalue weighted by Crippen LogP contribution is 2.32. The Hall–Kier alpha value is -2.96. The van der Waals surface area contributed by atoms with Crippen LogP contribution in [-0.2, 0) is 22.7 Å². The van der Waals surface area contributed by atoms with Crippen molar-refractivity contribution in [1.82, 2.24) is 25.0 Å². The van der Waals surface area contributed by atoms with E-state index in [0.717, 1.165) is 17.7 Å². The number of aryl methyl sites for hydroxylation is 1. The molecule has 0 spiro atoms. The maximum absolute atomic E-state index is 12.5. The molecule has 1 aliphatic rings. The van der Waals surface area contributed by atoms with Gasteiger partial charge in [-0.3, -0.25) is 9.59 Å². The SMILES string of the molecule is CCn1cnnc1CNC(=O)C[C@H]1c2ccccc2C=CN1C(C)=O. The van der Waals surface area contributed by atoms with Crippen LogP contribution in [0.4, 0.5) is 0 Å². The van der Waals surface area contributed by atoms with Crippen molar-refractivity contribution in [2.24, 2.45) is 0 Å². The number of carbonyl (C=O) groups is 2. The lowest BCUT2D eigenvalue weighted by molar-refractivity contribution is -0.130. The monoisotopic (exact) mass is 339 g/mol. The third kappa shape index (κ3) is 3.60. The van der Waals surface area contributed by atoms with Gasteiger partial charge >= 0.3 is 0 Å². The number of nitrogens with zero attached hydrogens (tertiary/aromatic N) is 4. The first-order valence-electron chi connectivity index (χ1n) is 8.29. The molecule has 1 aliphatic heterocycles. The highest BCUT2D eigenvalue weighted by molar-refractivity contribution is 5.81. The molecule has 3 rings (SSSR count). The molecule has 7 nitrogen and oxygen atoms in total. The minimum Gasteiger partial charge on any atom is -0.349 e. The third-order valence-corrected chi connectivity index (χ3v) is 4.33. The van der Waals surface area contributed by atoms with E-state index in [2.05, 4.69) is 15.5 Å². The summed E-state index contributed by atoms with van der Waals surface area (Å²) in [4.78, 5) is 26.0. The van der Waals surface area contributed by atoms with E-state index in [-0.39, 0.29) is 24.3 Å². The molecule has 0 bridgehead atoms. The first kappa shape index (κ1) is 16.9. The summed E-state index contributed by atoms with van der Waals surface area (Å²) in [6.45, 7) is 4.56. The quantitative estimate of drug-likeness (QED) is 0.902. The summed E-state index contributed by atoms with van der Waals surface area (Å²) in [6.07, 6.45) is 5.48. The fourth-order valence-electron chi connectivity index (χ4n) is 3.02. The van der Waals surface area contributed by atoms with Crippen molar-refractivity contribution in [2.75, 3.05) is 0 Å². The largest absolute Gasteiger partial charge is 0.349 e. The Balaban J connectivity index is 1.72. The molecular weight excluding hydrogens is 318 g/mol. The Kier molecular flexibility index (Phi) is 4.92. The Morgan fingerprint density at radius 1 is 1.28 bits per heavy atom. The van der Waals surface area contributed by atoms with Gasteiger partial charge in [0.1, 0.15) is 6.33 Å². The number of nitrogens with one attached hydrogen (secondary N) is 1. The fraction of sp³-hybridized carbons (Fsp3) is 0.333. The molecule has 1 atom stereocenters. The molecule has 0 fully saturated rings. The van der Waals surface area contributed by atoms with Gasteiger partial charge in [0.25, 0.3) is 0 Å². The molecule has 1 aromatic heterocycles. The molecule has 0 saturated carbocycles. The van der Waals surface area contributed by atoms with Crippen molar-refractivity contribution in [3.63, 3.8) is 0 Å². The fourth-order valence-corrected chi connectivity index (χ4v) is 3.02. The standard InChI is InChI=1S/C18H21N5O2/c1-3-22-12-20-21-17(22)11-19-18(25)10-16-15-7-5-4-6-14(15)8-9-23(16)13(2)24/h4-9,12,16H,3,10-11H2,1-2H3,(H,19,25)/t16-/m0/s1. The van der Waals surface area contributed by atoms with Crippen molar-refractivity contribution in [3.05, 3.63) is 53.7 Å². The lowest BCUT2D eigenvalue weighted by Gasteiger charge is -2.32. The van der Waals surface area contributed by atoms with Gasteiger partial charge in [-0.1, -0.05) is 24.3 Å². The molecule has 1 N–H and O–H groups in total. The van der Waals surface area contributed by atoms with Crippen molar-refractivity contribution in [2.45, 2.75) is 39.4 Å². The van der Waals surface area contributed by atoms with Crippen LogP contribution in [0, 0.1) is 0 Å². The van der Waals surface area contributed by atoms with Gasteiger partial charge in [0, 0.05) is 19.7 Å². The van der Waals surface area contributed by atoms with E-state index in [1.165, 1.54) is 6.92 Å². The molecule has 130 valence electrons. The Morgan fingerprint density at radius 3 is 2.84 bits per heavy atom. The number of fused-ring (bicyclic) bond motifs is 1. The smallest absolute Gasteiger partial charge is 0.223 e. The number of aromatic nitrogens is 3. The van der Waals surface area contributed by atoms with Crippen LogP contribution in [0.2, 0.25) is 0 Å². The number of benzene rings is 1. The molecule has 0 aliphatic carbocycles. The highest BCUT2D eigenvalue weighted by atomic mass is 16.2. The topological polar surface area (TPSA) is 80.1 Å². The summed E-state index contributed by atoms with van der Waals surface area (Å²) >= 11 is 0. The second-order valence-corrected chi connectivity index (χ2v) is 5.90. The lowest BCUT2D eigenvalue weighted by atomic mass is 9.93. The molecular formula is C18H21N5O2. The van der Waals surface area contributed by atoms with Crippen LogP contribution in [0.1, 0.15) is 43.3 Å². The van der Waals surface area contributed by atoms with Crippen LogP contribution in [0.25, 0.3) is 6.08 Å². The van der Waals surface area contributed by atoms with Crippen molar-refractivity contribution in [3.8, 4) is 0 Å². The molecule has 2 aromatic rings. The van der Waals surface area contributed by atoms with Crippen LogP contribution in [0.5, 0.6) is 0 Å². The number of amides is 2. The van der Waals surface area contributed by atoms with E-state index in [9.17, 15) is 9.59 Å². The van der Waals surface area contributed by atoms with Crippen LogP contribution >= 0.6 is 0 Å². The molecule has 25 heavy (non-hydrogen) atoms. The van der Waals surface area contributed by atoms with Crippen LogP contribution in [0.15, 0.2) is 36.8 Å². The number of hydrogen-bond donors (Lipinski definition) is 1. The van der Waals surface area contributed by atoms with Crippen LogP contribution < -0.4 is 5.32 Å². The van der Waals surface area contributed by atoms with Gasteiger partial charge in [-0.05, 0) is 24.1 Å². The highest BCUT2D eigenvalue weighted by Gasteiger charge is 2.28. The summed E-state index contributed by atoms with van der Waals surface area (Å²) in [5, 5.41) is 10.7. The molecule has 0 radical (unpaired) electrons. The first-order valence-corrected chi connectivity index (χ1v) is 8.29. The average Bonchev–Trinajstić information content (AvgIpc) is 3.07. The van der Waals surface area contributed by atoms with Gasteiger partial charge < -0.3 is 14.8 Å². The number of rotatable bonds is 5. The van der Waals surface area contributed by atoms with E-state index in [4.69, 9.17) is 0 Å². The van der Waals surface area contributed by atoms with Gasteiger partial charge in [0.2, 0.25) is 11.8 Å². The maximum Gasteiger partial charge on any atom is 0.223 e. The van der Waals surface area contributed by atoms with Crippen LogP contribution in [-0.4, -0.2) is 31.5 Å². The third-order valence-electron chi connectivity index (χ3n) is 4.33. The summed E-state index contributed by atoms with van der Waals surface area (Å²) in [5.74, 6) is 0.490. The summed E-state index contributed by atoms with van der Waals surface area (Å²) in [7, 11) is 0. The van der Waals surface area contributed by atoms with E-state index in [1.807, 2.05) is 41.8 Å². The second-order valence-electron chi connectivity index (χ2n) is 5.90. The number of carbonyl (C=O) groups excluding carboxylic acids is 2. The van der Waals surface area contributed by atoms with Gasteiger partial charge in [0.15, 0.2) is 5.82 Å². The second kappa shape index (κ2) is 7.29. The first-order chi connectivity index (χ1) is 12.1. The Labute approximate surface area is 146 Å². The van der Waals surface area contributed by atoms with E-state index < -0.39 is 0 Å². The van der Waals surface area contributed by atoms with Crippen molar-refractivity contribution in [1.29, 1.82) is 0 Å². The zero-order valence-corrected chi connectivity index (χ0v) is 14.3. The molecule has 2 heterocycles. The zero-order valence-electron chi connectivity index (χ0n) is 14.3. The minimum atomic E-state index is -0.303. The Morgan fingerprint density at radius 2 is 2.08 bits per heavy atom. The van der Waals surface area contributed by atoms with Gasteiger partial charge in [0.05, 0.1) is 19.0 Å². The van der Waals surface area contributed by atoms with Gasteiger partial charge in [-0.2, -0.15) is 0 Å². The summed E-state index contributed by atoms with van der Waals surface area (Å²) in [5.41, 5.74) is 2.01. The summed E-state index contributed by atoms with van der Waals surface area (Å²) in [6, 6.07) is 7.51. The summed E-state index contributed by atoms with van der Waals surface area (Å²) < 4.78 is 1.88. The molecule has 0 unspecified atom stereocenters.